The molecule has 5 heteroatoms. The second-order valence-corrected chi connectivity index (χ2v) is 6.14. The molecule has 1 saturated carbocycles. The van der Waals surface area contributed by atoms with E-state index in [4.69, 9.17) is 9.47 Å². The fraction of sp³-hybridized carbons (Fsp3) is 0.750. The quantitative estimate of drug-likeness (QED) is 0.837. The van der Waals surface area contributed by atoms with Crippen LogP contribution < -0.4 is 10.1 Å². The third-order valence-electron chi connectivity index (χ3n) is 3.72. The summed E-state index contributed by atoms with van der Waals surface area (Å²) in [6, 6.07) is 0. The Hall–Kier alpha value is -1.20. The van der Waals surface area contributed by atoms with Gasteiger partial charge in [0, 0.05) is 26.3 Å². The summed E-state index contributed by atoms with van der Waals surface area (Å²) < 4.78 is 11.4. The zero-order valence-electron chi connectivity index (χ0n) is 13.3. The average molecular weight is 293 g/mol. The minimum absolute atomic E-state index is 0.192. The van der Waals surface area contributed by atoms with Crippen LogP contribution >= 0.6 is 0 Å². The monoisotopic (exact) mass is 293 g/mol. The van der Waals surface area contributed by atoms with E-state index in [2.05, 4.69) is 29.1 Å². The lowest BCUT2D eigenvalue weighted by atomic mass is 9.95. The van der Waals surface area contributed by atoms with Crippen LogP contribution in [0, 0.1) is 5.92 Å². The Kier molecular flexibility index (Phi) is 6.39. The highest BCUT2D eigenvalue weighted by molar-refractivity contribution is 5.09. The van der Waals surface area contributed by atoms with E-state index in [1.807, 2.05) is 0 Å². The zero-order chi connectivity index (χ0) is 15.1. The summed E-state index contributed by atoms with van der Waals surface area (Å²) in [5, 5.41) is 3.37. The molecule has 0 radical (unpaired) electrons. The van der Waals surface area contributed by atoms with Gasteiger partial charge in [-0.05, 0) is 31.7 Å². The number of rotatable bonds is 7. The zero-order valence-corrected chi connectivity index (χ0v) is 13.3. The average Bonchev–Trinajstić information content (AvgIpc) is 2.47. The number of aromatic nitrogens is 2. The largest absolute Gasteiger partial charge is 0.473 e. The molecule has 1 aromatic heterocycles. The maximum absolute atomic E-state index is 5.97. The Morgan fingerprint density at radius 1 is 1.29 bits per heavy atom. The summed E-state index contributed by atoms with van der Waals surface area (Å²) in [7, 11) is 1.77. The van der Waals surface area contributed by atoms with Gasteiger partial charge in [-0.2, -0.15) is 0 Å². The van der Waals surface area contributed by atoms with Gasteiger partial charge in [0.15, 0.2) is 0 Å². The van der Waals surface area contributed by atoms with Crippen LogP contribution in [-0.2, 0) is 11.3 Å². The molecule has 1 aliphatic carbocycles. The van der Waals surface area contributed by atoms with E-state index in [1.54, 1.807) is 19.5 Å². The highest BCUT2D eigenvalue weighted by atomic mass is 16.5. The maximum Gasteiger partial charge on any atom is 0.232 e. The minimum atomic E-state index is 0.192. The molecule has 0 bridgehead atoms. The number of nitrogens with zero attached hydrogens (tertiary/aromatic N) is 2. The van der Waals surface area contributed by atoms with E-state index in [-0.39, 0.29) is 6.10 Å². The van der Waals surface area contributed by atoms with Gasteiger partial charge < -0.3 is 14.8 Å². The Bertz CT molecular complexity index is 426. The molecule has 0 saturated heterocycles. The normalized spacial score (nSPS) is 22.5. The number of nitrogens with one attached hydrogen (secondary N) is 1. The van der Waals surface area contributed by atoms with Gasteiger partial charge in [0.2, 0.25) is 5.88 Å². The van der Waals surface area contributed by atoms with Crippen LogP contribution in [0.15, 0.2) is 12.4 Å². The molecule has 2 atom stereocenters. The first-order valence-electron chi connectivity index (χ1n) is 7.88. The van der Waals surface area contributed by atoms with E-state index < -0.39 is 0 Å². The van der Waals surface area contributed by atoms with Crippen molar-refractivity contribution in [3.05, 3.63) is 18.1 Å². The van der Waals surface area contributed by atoms with Gasteiger partial charge in [-0.25, -0.2) is 4.98 Å². The first-order chi connectivity index (χ1) is 10.2. The van der Waals surface area contributed by atoms with Crippen molar-refractivity contribution in [1.82, 2.24) is 15.3 Å². The molecule has 2 rings (SSSR count). The molecule has 0 amide bonds. The molecule has 1 N–H and O–H groups in total. The van der Waals surface area contributed by atoms with Crippen LogP contribution in [0.2, 0.25) is 0 Å². The van der Waals surface area contributed by atoms with Crippen molar-refractivity contribution < 1.29 is 9.47 Å². The van der Waals surface area contributed by atoms with Crippen molar-refractivity contribution in [1.29, 1.82) is 0 Å². The van der Waals surface area contributed by atoms with Crippen molar-refractivity contribution in [3.8, 4) is 5.88 Å². The lowest BCUT2D eigenvalue weighted by Gasteiger charge is -2.28. The second kappa shape index (κ2) is 8.29. The Labute approximate surface area is 127 Å². The molecule has 2 unspecified atom stereocenters. The van der Waals surface area contributed by atoms with Crippen molar-refractivity contribution in [3.63, 3.8) is 0 Å². The molecule has 1 heterocycles. The standard InChI is InChI=1S/C16H27N3O2/c1-12(2)8-17-9-13-10-18-11-16(19-13)21-15-6-4-5-14(7-15)20-3/h10-12,14-15,17H,4-9H2,1-3H3. The third-order valence-corrected chi connectivity index (χ3v) is 3.72. The molecule has 0 spiro atoms. The van der Waals surface area contributed by atoms with Crippen LogP contribution in [0.5, 0.6) is 5.88 Å². The Morgan fingerprint density at radius 3 is 2.86 bits per heavy atom. The van der Waals surface area contributed by atoms with Gasteiger partial charge in [0.1, 0.15) is 6.10 Å². The highest BCUT2D eigenvalue weighted by Crippen LogP contribution is 2.24. The summed E-state index contributed by atoms with van der Waals surface area (Å²) in [4.78, 5) is 8.75. The lowest BCUT2D eigenvalue weighted by molar-refractivity contribution is 0.0193. The van der Waals surface area contributed by atoms with Gasteiger partial charge in [-0.3, -0.25) is 4.98 Å². The molecular weight excluding hydrogens is 266 g/mol. The predicted octanol–water partition coefficient (Wildman–Crippen LogP) is 2.56. The Morgan fingerprint density at radius 2 is 2.10 bits per heavy atom. The number of hydrogen-bond acceptors (Lipinski definition) is 5. The summed E-state index contributed by atoms with van der Waals surface area (Å²) in [6.07, 6.45) is 8.27. The number of methoxy groups -OCH3 is 1. The maximum atomic E-state index is 5.97. The molecule has 0 aromatic carbocycles. The number of hydrogen-bond donors (Lipinski definition) is 1. The van der Waals surface area contributed by atoms with Crippen molar-refractivity contribution in [2.24, 2.45) is 5.92 Å². The third kappa shape index (κ3) is 5.59. The smallest absolute Gasteiger partial charge is 0.232 e. The second-order valence-electron chi connectivity index (χ2n) is 6.14. The summed E-state index contributed by atoms with van der Waals surface area (Å²) in [5.41, 5.74) is 0.923. The van der Waals surface area contributed by atoms with Crippen LogP contribution in [0.25, 0.3) is 0 Å². The molecule has 0 aliphatic heterocycles. The van der Waals surface area contributed by atoms with E-state index >= 15 is 0 Å². The predicted molar refractivity (Wildman–Crippen MR) is 82.3 cm³/mol. The van der Waals surface area contributed by atoms with E-state index in [1.165, 1.54) is 0 Å². The lowest BCUT2D eigenvalue weighted by Crippen LogP contribution is -2.29. The Balaban J connectivity index is 1.85. The van der Waals surface area contributed by atoms with Crippen LogP contribution in [0.3, 0.4) is 0 Å². The fourth-order valence-corrected chi connectivity index (χ4v) is 2.61. The molecule has 1 aromatic rings. The number of ether oxygens (including phenoxy) is 2. The topological polar surface area (TPSA) is 56.3 Å². The molecule has 21 heavy (non-hydrogen) atoms. The van der Waals surface area contributed by atoms with Gasteiger partial charge in [0.25, 0.3) is 0 Å². The van der Waals surface area contributed by atoms with Crippen molar-refractivity contribution in [2.45, 2.75) is 58.3 Å². The summed E-state index contributed by atoms with van der Waals surface area (Å²) in [5.74, 6) is 1.26. The van der Waals surface area contributed by atoms with Crippen LogP contribution in [0.4, 0.5) is 0 Å². The molecular formula is C16H27N3O2. The van der Waals surface area contributed by atoms with E-state index in [0.717, 1.165) is 44.5 Å². The van der Waals surface area contributed by atoms with Crippen LogP contribution in [-0.4, -0.2) is 35.8 Å². The van der Waals surface area contributed by atoms with Gasteiger partial charge in [-0.15, -0.1) is 0 Å². The first kappa shape index (κ1) is 16.2. The van der Waals surface area contributed by atoms with E-state index in [0.29, 0.717) is 17.9 Å². The van der Waals surface area contributed by atoms with Gasteiger partial charge in [0.05, 0.1) is 18.0 Å². The SMILES string of the molecule is COC1CCCC(Oc2cncc(CNCC(C)C)n2)C1. The molecule has 5 nitrogen and oxygen atoms in total. The summed E-state index contributed by atoms with van der Waals surface area (Å²) in [6.45, 7) is 6.08. The fourth-order valence-electron chi connectivity index (χ4n) is 2.61. The summed E-state index contributed by atoms with van der Waals surface area (Å²) >= 11 is 0. The highest BCUT2D eigenvalue weighted by Gasteiger charge is 2.23. The molecule has 1 aliphatic rings. The molecule has 1 fully saturated rings. The van der Waals surface area contributed by atoms with Gasteiger partial charge >= 0.3 is 0 Å². The van der Waals surface area contributed by atoms with E-state index in [9.17, 15) is 0 Å². The van der Waals surface area contributed by atoms with Crippen molar-refractivity contribution in [2.75, 3.05) is 13.7 Å². The van der Waals surface area contributed by atoms with Crippen molar-refractivity contribution >= 4 is 0 Å². The molecule has 118 valence electrons. The van der Waals surface area contributed by atoms with Crippen LogP contribution in [0.1, 0.15) is 45.2 Å². The first-order valence-corrected chi connectivity index (χ1v) is 7.88. The minimum Gasteiger partial charge on any atom is -0.473 e. The van der Waals surface area contributed by atoms with Gasteiger partial charge in [-0.1, -0.05) is 13.8 Å².